The predicted molar refractivity (Wildman–Crippen MR) is 101 cm³/mol. The third-order valence-corrected chi connectivity index (χ3v) is 8.67. The first kappa shape index (κ1) is 18.1. The zero-order chi connectivity index (χ0) is 18.3. The van der Waals surface area contributed by atoms with Gasteiger partial charge in [0.25, 0.3) is 10.9 Å². The van der Waals surface area contributed by atoms with E-state index in [4.69, 9.17) is 10.5 Å². The van der Waals surface area contributed by atoms with Gasteiger partial charge < -0.3 is 4.74 Å². The molecule has 6 heteroatoms. The molecule has 26 heavy (non-hydrogen) atoms. The second-order valence-corrected chi connectivity index (χ2v) is 9.61. The number of fused-ring (bicyclic) bond motifs is 4. The van der Waals surface area contributed by atoms with E-state index in [1.807, 2.05) is 0 Å². The van der Waals surface area contributed by atoms with Gasteiger partial charge in [-0.15, -0.1) is 0 Å². The molecule has 3 N–H and O–H groups in total. The molecule has 3 atom stereocenters. The maximum absolute atomic E-state index is 10.4. The largest absolute Gasteiger partial charge is 0.327 e. The van der Waals surface area contributed by atoms with Crippen molar-refractivity contribution in [3.05, 3.63) is 0 Å². The highest BCUT2D eigenvalue weighted by Gasteiger charge is 3.02. The quantitative estimate of drug-likeness (QED) is 0.678. The van der Waals surface area contributed by atoms with E-state index in [0.29, 0.717) is 12.4 Å². The third-order valence-electron chi connectivity index (χ3n) is 7.37. The van der Waals surface area contributed by atoms with E-state index in [1.165, 1.54) is 44.9 Å². The fraction of sp³-hybridized carbons (Fsp3) is 0.850. The Morgan fingerprint density at radius 1 is 0.923 bits per heavy atom. The molecule has 4 aliphatic rings. The minimum atomic E-state index is -0.907. The fourth-order valence-electron chi connectivity index (χ4n) is 6.26. The lowest BCUT2D eigenvalue weighted by molar-refractivity contribution is -0.585. The zero-order valence-corrected chi connectivity index (χ0v) is 16.3. The number of hydrogen-bond donors (Lipinski definition) is 2. The van der Waals surface area contributed by atoms with E-state index in [9.17, 15) is 10.5 Å². The molecule has 4 rings (SSSR count). The Morgan fingerprint density at radius 3 is 1.96 bits per heavy atom. The number of nitrogens with zero attached hydrogens (tertiary/aromatic N) is 2. The maximum atomic E-state index is 10.4. The van der Waals surface area contributed by atoms with Crippen molar-refractivity contribution in [3.8, 4) is 12.1 Å². The molecule has 2 spiro atoms. The first-order valence-electron chi connectivity index (χ1n) is 10.2. The topological polar surface area (TPSA) is 96.8 Å². The molecule has 2 aliphatic carbocycles. The standard InChI is InChI=1S/C20H28N4OS/c21-14-18-16(23)24-20(25-12-13-26-20)19(18,15-22)17(18)10-8-6-4-2-1-3-5-7-9-11-17/h1-13H2,(H2,23,24)/p+1/t18-,19+,20-/m1/s1. The van der Waals surface area contributed by atoms with Crippen molar-refractivity contribution in [1.82, 2.24) is 0 Å². The predicted octanol–water partition coefficient (Wildman–Crippen LogP) is 2.18. The number of amidine groups is 1. The Bertz CT molecular complexity index is 675. The van der Waals surface area contributed by atoms with Gasteiger partial charge in [0.1, 0.15) is 0 Å². The first-order chi connectivity index (χ1) is 12.7. The van der Waals surface area contributed by atoms with Crippen LogP contribution in [-0.2, 0) is 4.74 Å². The molecule has 3 fully saturated rings. The number of ether oxygens (including phenoxy) is 1. The van der Waals surface area contributed by atoms with Crippen molar-refractivity contribution in [2.75, 3.05) is 12.4 Å². The summed E-state index contributed by atoms with van der Waals surface area (Å²) in [5.41, 5.74) is 4.30. The smallest absolute Gasteiger partial charge is 0.277 e. The van der Waals surface area contributed by atoms with Crippen LogP contribution in [0, 0.1) is 38.9 Å². The van der Waals surface area contributed by atoms with Crippen LogP contribution in [0.1, 0.15) is 70.6 Å². The highest BCUT2D eigenvalue weighted by molar-refractivity contribution is 8.00. The number of nitrogens with two attached hydrogens (primary N) is 1. The third kappa shape index (κ3) is 1.93. The van der Waals surface area contributed by atoms with E-state index >= 15 is 0 Å². The number of hydrogen-bond acceptors (Lipinski definition) is 5. The van der Waals surface area contributed by atoms with Crippen LogP contribution in [0.25, 0.3) is 0 Å². The molecule has 0 radical (unpaired) electrons. The number of thioether (sulfide) groups is 1. The molecule has 140 valence electrons. The number of rotatable bonds is 0. The monoisotopic (exact) mass is 373 g/mol. The SMILES string of the molecule is N#C[C@]12C3(CCCCCCCCCCC3)[C@@]1(C#N)C(N)=[NH+][C@@]21OCCS1. The number of nitriles is 2. The molecular formula is C20H29N4OS+. The summed E-state index contributed by atoms with van der Waals surface area (Å²) in [4.78, 5) is 3.26. The lowest BCUT2D eigenvalue weighted by atomic mass is 9.80. The van der Waals surface area contributed by atoms with Crippen LogP contribution in [0.15, 0.2) is 0 Å². The van der Waals surface area contributed by atoms with Crippen LogP contribution in [0.2, 0.25) is 0 Å². The summed E-state index contributed by atoms with van der Waals surface area (Å²) >= 11 is 1.63. The van der Waals surface area contributed by atoms with E-state index in [0.717, 1.165) is 31.4 Å². The lowest BCUT2D eigenvalue weighted by Gasteiger charge is -2.30. The Labute approximate surface area is 160 Å². The Hall–Kier alpha value is -1.24. The van der Waals surface area contributed by atoms with Crippen LogP contribution in [-0.4, -0.2) is 23.3 Å². The van der Waals surface area contributed by atoms with Crippen LogP contribution in [0.5, 0.6) is 0 Å². The summed E-state index contributed by atoms with van der Waals surface area (Å²) in [6, 6.07) is 5.15. The summed E-state index contributed by atoms with van der Waals surface area (Å²) in [6.07, 6.45) is 12.8. The Kier molecular flexibility index (Phi) is 4.48. The average Bonchev–Trinajstić information content (AvgIpc) is 2.87. The second-order valence-electron chi connectivity index (χ2n) is 8.34. The van der Waals surface area contributed by atoms with Crippen LogP contribution in [0.4, 0.5) is 0 Å². The molecule has 0 amide bonds. The van der Waals surface area contributed by atoms with Gasteiger partial charge in [0.15, 0.2) is 10.8 Å². The van der Waals surface area contributed by atoms with Crippen LogP contribution in [0.3, 0.4) is 0 Å². The molecule has 2 aliphatic heterocycles. The van der Waals surface area contributed by atoms with Gasteiger partial charge in [-0.3, -0.25) is 5.73 Å². The van der Waals surface area contributed by atoms with Crippen LogP contribution < -0.4 is 10.7 Å². The molecule has 1 saturated heterocycles. The molecule has 0 aromatic carbocycles. The molecule has 0 aromatic rings. The molecule has 2 heterocycles. The summed E-state index contributed by atoms with van der Waals surface area (Å²) in [6.45, 7) is 0.603. The van der Waals surface area contributed by atoms with Crippen molar-refractivity contribution >= 4 is 17.6 Å². The van der Waals surface area contributed by atoms with E-state index in [2.05, 4.69) is 17.1 Å². The van der Waals surface area contributed by atoms with Crippen molar-refractivity contribution in [1.29, 1.82) is 10.5 Å². The summed E-state index contributed by atoms with van der Waals surface area (Å²) in [7, 11) is 0. The van der Waals surface area contributed by atoms with E-state index < -0.39 is 15.9 Å². The van der Waals surface area contributed by atoms with Gasteiger partial charge in [-0.05, 0) is 12.8 Å². The van der Waals surface area contributed by atoms with Gasteiger partial charge in [-0.1, -0.05) is 69.5 Å². The van der Waals surface area contributed by atoms with Crippen molar-refractivity contribution in [2.45, 2.75) is 75.7 Å². The van der Waals surface area contributed by atoms with Crippen molar-refractivity contribution < 1.29 is 9.73 Å². The normalized spacial score (nSPS) is 42.2. The van der Waals surface area contributed by atoms with Crippen LogP contribution >= 0.6 is 11.8 Å². The maximum Gasteiger partial charge on any atom is 0.277 e. The van der Waals surface area contributed by atoms with Crippen molar-refractivity contribution in [3.63, 3.8) is 0 Å². The van der Waals surface area contributed by atoms with E-state index in [-0.39, 0.29) is 5.41 Å². The second kappa shape index (κ2) is 6.43. The van der Waals surface area contributed by atoms with Gasteiger partial charge in [0.05, 0.1) is 18.7 Å². The first-order valence-corrected chi connectivity index (χ1v) is 11.2. The van der Waals surface area contributed by atoms with Gasteiger partial charge in [-0.2, -0.15) is 10.5 Å². The molecule has 5 nitrogen and oxygen atoms in total. The highest BCUT2D eigenvalue weighted by atomic mass is 32.2. The fourth-order valence-corrected chi connectivity index (χ4v) is 7.67. The highest BCUT2D eigenvalue weighted by Crippen LogP contribution is 2.87. The minimum Gasteiger partial charge on any atom is -0.327 e. The molecule has 0 bridgehead atoms. The van der Waals surface area contributed by atoms with Gasteiger partial charge in [0, 0.05) is 11.2 Å². The number of nitrogens with one attached hydrogen (secondary N) is 1. The minimum absolute atomic E-state index is 0.366. The zero-order valence-electron chi connectivity index (χ0n) is 15.5. The summed E-state index contributed by atoms with van der Waals surface area (Å²) < 4.78 is 6.12. The Morgan fingerprint density at radius 2 is 1.50 bits per heavy atom. The lowest BCUT2D eigenvalue weighted by Crippen LogP contribution is -2.88. The van der Waals surface area contributed by atoms with Gasteiger partial charge >= 0.3 is 0 Å². The van der Waals surface area contributed by atoms with Gasteiger partial charge in [0.2, 0.25) is 0 Å². The average molecular weight is 374 g/mol. The van der Waals surface area contributed by atoms with Crippen molar-refractivity contribution in [2.24, 2.45) is 22.0 Å². The molecule has 2 saturated carbocycles. The van der Waals surface area contributed by atoms with Gasteiger partial charge in [-0.25, -0.2) is 4.99 Å². The van der Waals surface area contributed by atoms with E-state index in [1.54, 1.807) is 11.8 Å². The summed E-state index contributed by atoms with van der Waals surface area (Å²) in [5.74, 6) is 1.31. The molecular weight excluding hydrogens is 344 g/mol. The Balaban J connectivity index is 1.74. The summed E-state index contributed by atoms with van der Waals surface area (Å²) in [5, 5.41) is 19.9. The molecule has 0 unspecified atom stereocenters. The molecule has 0 aromatic heterocycles.